The Balaban J connectivity index is 2.00. The summed E-state index contributed by atoms with van der Waals surface area (Å²) in [5.74, 6) is -1.36. The molecule has 6 nitrogen and oxygen atoms in total. The van der Waals surface area contributed by atoms with Crippen LogP contribution in [-0.4, -0.2) is 31.3 Å². The third kappa shape index (κ3) is 3.50. The topological polar surface area (TPSA) is 82.1 Å². The van der Waals surface area contributed by atoms with Crippen molar-refractivity contribution in [2.45, 2.75) is 25.9 Å². The number of methoxy groups -OCH3 is 2. The van der Waals surface area contributed by atoms with Crippen molar-refractivity contribution in [2.75, 3.05) is 14.2 Å². The summed E-state index contributed by atoms with van der Waals surface area (Å²) in [6.07, 6.45) is 1.83. The summed E-state index contributed by atoms with van der Waals surface area (Å²) in [5.41, 5.74) is 0.710. The van der Waals surface area contributed by atoms with Gasteiger partial charge in [0, 0.05) is 11.6 Å². The molecule has 6 heteroatoms. The molecule has 0 aromatic heterocycles. The molecule has 1 aromatic rings. The second-order valence-corrected chi connectivity index (χ2v) is 5.27. The van der Waals surface area contributed by atoms with E-state index in [9.17, 15) is 9.59 Å². The van der Waals surface area contributed by atoms with Crippen LogP contribution >= 0.6 is 0 Å². The lowest BCUT2D eigenvalue weighted by Gasteiger charge is -2.16. The average Bonchev–Trinajstić information content (AvgIpc) is 3.02. The molecule has 0 aliphatic heterocycles. The standard InChI is InChI=1S/C16H20O6/c1-20-11-7-6-10(14(8-11)21-2)9-22-16(19)13-5-3-4-12(13)15(17)18/h6-8,12-13H,3-5,9H2,1-2H3,(H,17,18)/t12-,13+/m1/s1. The van der Waals surface area contributed by atoms with Gasteiger partial charge in [-0.15, -0.1) is 0 Å². The summed E-state index contributed by atoms with van der Waals surface area (Å²) in [7, 11) is 3.08. The zero-order valence-corrected chi connectivity index (χ0v) is 12.7. The quantitative estimate of drug-likeness (QED) is 0.812. The van der Waals surface area contributed by atoms with Crippen molar-refractivity contribution in [3.8, 4) is 11.5 Å². The Morgan fingerprint density at radius 1 is 1.18 bits per heavy atom. The molecule has 0 spiro atoms. The fourth-order valence-corrected chi connectivity index (χ4v) is 2.76. The Hall–Kier alpha value is -2.24. The first-order valence-corrected chi connectivity index (χ1v) is 7.17. The molecule has 1 saturated carbocycles. The zero-order valence-electron chi connectivity index (χ0n) is 12.7. The van der Waals surface area contributed by atoms with Crippen LogP contribution < -0.4 is 9.47 Å². The molecule has 0 bridgehead atoms. The normalized spacial score (nSPS) is 20.5. The summed E-state index contributed by atoms with van der Waals surface area (Å²) in [5, 5.41) is 9.12. The highest BCUT2D eigenvalue weighted by Crippen LogP contribution is 2.33. The summed E-state index contributed by atoms with van der Waals surface area (Å²) in [6, 6.07) is 5.22. The van der Waals surface area contributed by atoms with E-state index < -0.39 is 23.8 Å². The molecular formula is C16H20O6. The number of benzene rings is 1. The minimum Gasteiger partial charge on any atom is -0.497 e. The highest BCUT2D eigenvalue weighted by atomic mass is 16.5. The molecule has 0 radical (unpaired) electrons. The highest BCUT2D eigenvalue weighted by molar-refractivity contribution is 5.81. The van der Waals surface area contributed by atoms with E-state index in [4.69, 9.17) is 19.3 Å². The third-order valence-electron chi connectivity index (χ3n) is 4.00. The number of carbonyl (C=O) groups excluding carboxylic acids is 1. The maximum absolute atomic E-state index is 12.1. The van der Waals surface area contributed by atoms with Crippen LogP contribution in [-0.2, 0) is 20.9 Å². The van der Waals surface area contributed by atoms with Gasteiger partial charge in [0.25, 0.3) is 0 Å². The molecule has 0 saturated heterocycles. The van der Waals surface area contributed by atoms with E-state index in [1.807, 2.05) is 0 Å². The number of hydrogen-bond donors (Lipinski definition) is 1. The largest absolute Gasteiger partial charge is 0.497 e. The molecular weight excluding hydrogens is 288 g/mol. The molecule has 2 atom stereocenters. The Bertz CT molecular complexity index is 554. The molecule has 22 heavy (non-hydrogen) atoms. The molecule has 120 valence electrons. The van der Waals surface area contributed by atoms with Gasteiger partial charge in [-0.05, 0) is 25.0 Å². The number of carboxylic acids is 1. The predicted octanol–water partition coefficient (Wildman–Crippen LogP) is 2.25. The van der Waals surface area contributed by atoms with Gasteiger partial charge in [0.15, 0.2) is 0 Å². The van der Waals surface area contributed by atoms with Gasteiger partial charge >= 0.3 is 11.9 Å². The predicted molar refractivity (Wildman–Crippen MR) is 77.8 cm³/mol. The van der Waals surface area contributed by atoms with E-state index >= 15 is 0 Å². The van der Waals surface area contributed by atoms with Gasteiger partial charge < -0.3 is 19.3 Å². The maximum Gasteiger partial charge on any atom is 0.310 e. The smallest absolute Gasteiger partial charge is 0.310 e. The Morgan fingerprint density at radius 3 is 2.55 bits per heavy atom. The Kier molecular flexibility index (Phi) is 5.25. The zero-order chi connectivity index (χ0) is 16.1. The summed E-state index contributed by atoms with van der Waals surface area (Å²) >= 11 is 0. The fraction of sp³-hybridized carbons (Fsp3) is 0.500. The van der Waals surface area contributed by atoms with E-state index in [1.54, 1.807) is 25.3 Å². The van der Waals surface area contributed by atoms with Crippen molar-refractivity contribution < 1.29 is 28.9 Å². The van der Waals surface area contributed by atoms with Crippen molar-refractivity contribution in [3.63, 3.8) is 0 Å². The van der Waals surface area contributed by atoms with Crippen molar-refractivity contribution in [1.29, 1.82) is 0 Å². The van der Waals surface area contributed by atoms with E-state index in [1.165, 1.54) is 7.11 Å². The molecule has 1 N–H and O–H groups in total. The molecule has 0 amide bonds. The number of rotatable bonds is 6. The third-order valence-corrected chi connectivity index (χ3v) is 4.00. The van der Waals surface area contributed by atoms with Crippen LogP contribution in [0.15, 0.2) is 18.2 Å². The summed E-state index contributed by atoms with van der Waals surface area (Å²) < 4.78 is 15.6. The SMILES string of the molecule is COc1ccc(COC(=O)[C@H]2CCC[C@H]2C(=O)O)c(OC)c1. The first-order chi connectivity index (χ1) is 10.6. The lowest BCUT2D eigenvalue weighted by Crippen LogP contribution is -2.26. The Morgan fingerprint density at radius 2 is 1.91 bits per heavy atom. The average molecular weight is 308 g/mol. The molecule has 1 aliphatic rings. The lowest BCUT2D eigenvalue weighted by molar-refractivity contribution is -0.157. The molecule has 0 heterocycles. The molecule has 1 fully saturated rings. The van der Waals surface area contributed by atoms with Crippen LogP contribution in [0.5, 0.6) is 11.5 Å². The van der Waals surface area contributed by atoms with Gasteiger partial charge in [-0.25, -0.2) is 0 Å². The van der Waals surface area contributed by atoms with E-state index in [0.29, 0.717) is 29.9 Å². The van der Waals surface area contributed by atoms with E-state index in [0.717, 1.165) is 6.42 Å². The van der Waals surface area contributed by atoms with Crippen LogP contribution in [0.2, 0.25) is 0 Å². The molecule has 2 rings (SSSR count). The van der Waals surface area contributed by atoms with Crippen LogP contribution in [0.1, 0.15) is 24.8 Å². The van der Waals surface area contributed by atoms with Crippen molar-refractivity contribution in [1.82, 2.24) is 0 Å². The van der Waals surface area contributed by atoms with Crippen molar-refractivity contribution >= 4 is 11.9 Å². The van der Waals surface area contributed by atoms with Gasteiger partial charge in [-0.1, -0.05) is 6.42 Å². The van der Waals surface area contributed by atoms with E-state index in [2.05, 4.69) is 0 Å². The van der Waals surface area contributed by atoms with Gasteiger partial charge in [0.2, 0.25) is 0 Å². The summed E-state index contributed by atoms with van der Waals surface area (Å²) in [6.45, 7) is 0.0504. The fourth-order valence-electron chi connectivity index (χ4n) is 2.76. The first-order valence-electron chi connectivity index (χ1n) is 7.17. The number of carboxylic acid groups (broad SMARTS) is 1. The second kappa shape index (κ2) is 7.15. The number of esters is 1. The van der Waals surface area contributed by atoms with Gasteiger partial charge in [0.1, 0.15) is 18.1 Å². The first kappa shape index (κ1) is 16.1. The number of ether oxygens (including phenoxy) is 3. The minimum absolute atomic E-state index is 0.0504. The minimum atomic E-state index is -0.929. The maximum atomic E-state index is 12.1. The van der Waals surface area contributed by atoms with Gasteiger partial charge in [0.05, 0.1) is 26.1 Å². The van der Waals surface area contributed by atoms with Crippen LogP contribution in [0.4, 0.5) is 0 Å². The summed E-state index contributed by atoms with van der Waals surface area (Å²) in [4.78, 5) is 23.2. The van der Waals surface area contributed by atoms with Crippen molar-refractivity contribution in [3.05, 3.63) is 23.8 Å². The molecule has 0 unspecified atom stereocenters. The number of aliphatic carboxylic acids is 1. The van der Waals surface area contributed by atoms with Crippen LogP contribution in [0.3, 0.4) is 0 Å². The van der Waals surface area contributed by atoms with Gasteiger partial charge in [-0.3, -0.25) is 9.59 Å². The molecule has 1 aliphatic carbocycles. The van der Waals surface area contributed by atoms with Gasteiger partial charge in [-0.2, -0.15) is 0 Å². The van der Waals surface area contributed by atoms with Crippen molar-refractivity contribution in [2.24, 2.45) is 11.8 Å². The second-order valence-electron chi connectivity index (χ2n) is 5.27. The number of hydrogen-bond acceptors (Lipinski definition) is 5. The van der Waals surface area contributed by atoms with Crippen LogP contribution in [0.25, 0.3) is 0 Å². The number of carbonyl (C=O) groups is 2. The monoisotopic (exact) mass is 308 g/mol. The Labute approximate surface area is 129 Å². The van der Waals surface area contributed by atoms with Crippen LogP contribution in [0, 0.1) is 11.8 Å². The lowest BCUT2D eigenvalue weighted by atomic mass is 9.96. The van der Waals surface area contributed by atoms with E-state index in [-0.39, 0.29) is 6.61 Å². The molecule has 1 aromatic carbocycles. The highest BCUT2D eigenvalue weighted by Gasteiger charge is 2.38.